The molecule has 0 radical (unpaired) electrons. The van der Waals surface area contributed by atoms with Crippen LogP contribution in [0.5, 0.6) is 0 Å². The lowest BCUT2D eigenvalue weighted by molar-refractivity contribution is 0.0378. The van der Waals surface area contributed by atoms with Gasteiger partial charge in [-0.2, -0.15) is 10.1 Å². The molecule has 10 nitrogen and oxygen atoms in total. The lowest BCUT2D eigenvalue weighted by Gasteiger charge is -2.26. The van der Waals surface area contributed by atoms with Crippen LogP contribution >= 0.6 is 23.2 Å². The summed E-state index contributed by atoms with van der Waals surface area (Å²) in [5.74, 6) is 0.568. The van der Waals surface area contributed by atoms with Gasteiger partial charge in [0.2, 0.25) is 16.0 Å². The molecule has 1 fully saturated rings. The van der Waals surface area contributed by atoms with E-state index in [1.165, 1.54) is 6.07 Å². The lowest BCUT2D eigenvalue weighted by Crippen LogP contribution is -2.37. The predicted molar refractivity (Wildman–Crippen MR) is 149 cm³/mol. The Morgan fingerprint density at radius 2 is 1.76 bits per heavy atom. The molecule has 4 aromatic rings. The Kier molecular flexibility index (Phi) is 7.85. The highest BCUT2D eigenvalue weighted by Gasteiger charge is 2.19. The maximum atomic E-state index is 11.7. The first-order chi connectivity index (χ1) is 18.2. The van der Waals surface area contributed by atoms with Crippen LogP contribution in [0.4, 0.5) is 5.95 Å². The summed E-state index contributed by atoms with van der Waals surface area (Å²) in [7, 11) is -2.13. The second-order valence-electron chi connectivity index (χ2n) is 9.00. The van der Waals surface area contributed by atoms with Gasteiger partial charge in [0.25, 0.3) is 0 Å². The molecule has 38 heavy (non-hydrogen) atoms. The second kappa shape index (κ2) is 11.1. The summed E-state index contributed by atoms with van der Waals surface area (Å²) in [5, 5.41) is 14.0. The van der Waals surface area contributed by atoms with E-state index in [2.05, 4.69) is 25.3 Å². The number of ether oxygens (including phenoxy) is 1. The number of anilines is 1. The topological polar surface area (TPSA) is 128 Å². The van der Waals surface area contributed by atoms with Crippen LogP contribution in [-0.4, -0.2) is 72.5 Å². The van der Waals surface area contributed by atoms with E-state index in [1.807, 2.05) is 31.3 Å². The number of rotatable bonds is 8. The molecule has 0 bridgehead atoms. The molecular weight excluding hydrogens is 549 g/mol. The van der Waals surface area contributed by atoms with E-state index in [0.29, 0.717) is 11.5 Å². The zero-order valence-electron chi connectivity index (χ0n) is 20.7. The summed E-state index contributed by atoms with van der Waals surface area (Å²) >= 11 is 12.6. The van der Waals surface area contributed by atoms with Crippen molar-refractivity contribution in [3.8, 4) is 22.4 Å². The molecule has 2 aromatic heterocycles. The summed E-state index contributed by atoms with van der Waals surface area (Å²) in [6.45, 7) is 5.35. The Morgan fingerprint density at radius 1 is 1.05 bits per heavy atom. The van der Waals surface area contributed by atoms with Crippen LogP contribution in [0, 0.1) is 0 Å². The van der Waals surface area contributed by atoms with Crippen LogP contribution in [0.25, 0.3) is 33.4 Å². The van der Waals surface area contributed by atoms with Gasteiger partial charge >= 0.3 is 0 Å². The van der Waals surface area contributed by atoms with Crippen molar-refractivity contribution in [2.45, 2.75) is 11.3 Å². The van der Waals surface area contributed by atoms with E-state index in [0.717, 1.165) is 73.7 Å². The number of fused-ring (bicyclic) bond motifs is 1. The van der Waals surface area contributed by atoms with E-state index in [9.17, 15) is 8.42 Å². The van der Waals surface area contributed by atoms with Gasteiger partial charge in [0.05, 0.1) is 28.6 Å². The van der Waals surface area contributed by atoms with Crippen LogP contribution in [0.2, 0.25) is 10.0 Å². The quantitative estimate of drug-likeness (QED) is 0.304. The number of morpholine rings is 1. The minimum Gasteiger partial charge on any atom is -0.379 e. The molecule has 0 aliphatic carbocycles. The summed E-state index contributed by atoms with van der Waals surface area (Å²) in [6, 6.07) is 10.5. The highest BCUT2D eigenvalue weighted by Crippen LogP contribution is 2.38. The van der Waals surface area contributed by atoms with E-state index >= 15 is 0 Å². The van der Waals surface area contributed by atoms with Crippen molar-refractivity contribution in [2.75, 3.05) is 44.7 Å². The zero-order valence-corrected chi connectivity index (χ0v) is 23.0. The second-order valence-corrected chi connectivity index (χ2v) is 11.3. The van der Waals surface area contributed by atoms with Gasteiger partial charge in [-0.25, -0.2) is 23.2 Å². The van der Waals surface area contributed by atoms with E-state index < -0.39 is 10.0 Å². The Morgan fingerprint density at radius 3 is 2.47 bits per heavy atom. The van der Waals surface area contributed by atoms with Crippen molar-refractivity contribution in [3.63, 3.8) is 0 Å². The van der Waals surface area contributed by atoms with Gasteiger partial charge in [-0.15, -0.1) is 0 Å². The van der Waals surface area contributed by atoms with Gasteiger partial charge in [0, 0.05) is 44.0 Å². The van der Waals surface area contributed by atoms with Crippen LogP contribution in [-0.2, 0) is 21.8 Å². The first-order valence-corrected chi connectivity index (χ1v) is 14.4. The van der Waals surface area contributed by atoms with Gasteiger partial charge in [0.15, 0.2) is 5.65 Å². The number of primary sulfonamides is 1. The Labute approximate surface area is 230 Å². The molecule has 1 saturated heterocycles. The molecule has 0 atom stereocenters. The highest BCUT2D eigenvalue weighted by atomic mass is 35.5. The van der Waals surface area contributed by atoms with Crippen molar-refractivity contribution in [3.05, 3.63) is 52.6 Å². The van der Waals surface area contributed by atoms with E-state index in [-0.39, 0.29) is 14.9 Å². The summed E-state index contributed by atoms with van der Waals surface area (Å²) in [4.78, 5) is 11.4. The van der Waals surface area contributed by atoms with Gasteiger partial charge < -0.3 is 10.1 Å². The Hall–Kier alpha value is -2.80. The first kappa shape index (κ1) is 26.8. The number of nitrogens with zero attached hydrogens (tertiary/aromatic N) is 5. The third kappa shape index (κ3) is 5.63. The molecule has 0 unspecified atom stereocenters. The van der Waals surface area contributed by atoms with Crippen LogP contribution in [0.3, 0.4) is 0 Å². The Bertz CT molecular complexity index is 1570. The fourth-order valence-corrected chi connectivity index (χ4v) is 5.87. The number of hydrogen-bond acceptors (Lipinski definition) is 8. The van der Waals surface area contributed by atoms with Gasteiger partial charge in [-0.3, -0.25) is 4.90 Å². The molecule has 5 rings (SSSR count). The molecule has 200 valence electrons. The molecule has 0 spiro atoms. The molecule has 3 heterocycles. The normalized spacial score (nSPS) is 14.7. The average Bonchev–Trinajstić information content (AvgIpc) is 3.24. The van der Waals surface area contributed by atoms with Gasteiger partial charge in [0.1, 0.15) is 10.6 Å². The third-order valence-electron chi connectivity index (χ3n) is 6.44. The maximum Gasteiger partial charge on any atom is 0.239 e. The van der Waals surface area contributed by atoms with Gasteiger partial charge in [-0.1, -0.05) is 53.5 Å². The SMILES string of the molecule is Cn1nc(-c2ccc(-c3ccc(S(N)(=O)=O)c(Cl)c3Cl)cc2)c2cnc(NCCCN3CCOCC3)nc21. The number of hydrogen-bond donors (Lipinski definition) is 2. The van der Waals surface area contributed by atoms with Crippen LogP contribution in [0.15, 0.2) is 47.5 Å². The van der Waals surface area contributed by atoms with Crippen molar-refractivity contribution in [2.24, 2.45) is 12.2 Å². The minimum atomic E-state index is -3.98. The van der Waals surface area contributed by atoms with Crippen LogP contribution in [0.1, 0.15) is 6.42 Å². The molecule has 13 heteroatoms. The standard InChI is InChI=1S/C25H27Cl2N7O3S/c1-33-24-19(15-30-25(31-24)29-9-2-10-34-11-13-37-14-12-34)23(32-33)17-5-3-16(4-6-17)18-7-8-20(38(28,35)36)22(27)21(18)26/h3-8,15H,2,9-14H2,1H3,(H2,28,35,36)(H,29,30,31). The van der Waals surface area contributed by atoms with Gasteiger partial charge in [-0.05, 0) is 24.6 Å². The van der Waals surface area contributed by atoms with Crippen molar-refractivity contribution in [1.29, 1.82) is 0 Å². The minimum absolute atomic E-state index is 0.103. The smallest absolute Gasteiger partial charge is 0.239 e. The number of aryl methyl sites for hydroxylation is 1. The van der Waals surface area contributed by atoms with Crippen molar-refractivity contribution >= 4 is 50.2 Å². The lowest BCUT2D eigenvalue weighted by atomic mass is 10.0. The summed E-state index contributed by atoms with van der Waals surface area (Å²) < 4.78 is 30.6. The first-order valence-electron chi connectivity index (χ1n) is 12.1. The highest BCUT2D eigenvalue weighted by molar-refractivity contribution is 7.89. The monoisotopic (exact) mass is 575 g/mol. The van der Waals surface area contributed by atoms with Crippen molar-refractivity contribution < 1.29 is 13.2 Å². The van der Waals surface area contributed by atoms with Crippen LogP contribution < -0.4 is 10.5 Å². The number of aromatic nitrogens is 4. The van der Waals surface area contributed by atoms with Crippen molar-refractivity contribution in [1.82, 2.24) is 24.6 Å². The molecule has 2 aromatic carbocycles. The molecular formula is C25H27Cl2N7O3S. The van der Waals surface area contributed by atoms with E-state index in [4.69, 9.17) is 33.1 Å². The molecule has 1 aliphatic rings. The molecule has 1 aliphatic heterocycles. The fraction of sp³-hybridized carbons (Fsp3) is 0.320. The molecule has 3 N–H and O–H groups in total. The largest absolute Gasteiger partial charge is 0.379 e. The summed E-state index contributed by atoms with van der Waals surface area (Å²) in [6.07, 6.45) is 2.77. The maximum absolute atomic E-state index is 11.7. The fourth-order valence-electron chi connectivity index (χ4n) is 4.45. The molecule has 0 saturated carbocycles. The third-order valence-corrected chi connectivity index (χ3v) is 8.39. The Balaban J connectivity index is 1.32. The number of nitrogens with one attached hydrogen (secondary N) is 1. The number of halogens is 2. The number of benzene rings is 2. The summed E-state index contributed by atoms with van der Waals surface area (Å²) in [5.41, 5.74) is 3.71. The number of sulfonamides is 1. The van der Waals surface area contributed by atoms with E-state index in [1.54, 1.807) is 16.9 Å². The predicted octanol–water partition coefficient (Wildman–Crippen LogP) is 3.79. The average molecular weight is 577 g/mol. The molecule has 0 amide bonds. The number of nitrogens with two attached hydrogens (primary N) is 1. The zero-order chi connectivity index (χ0) is 26.9.